The molecule has 9 heteroatoms. The van der Waals surface area contributed by atoms with Gasteiger partial charge in [0, 0.05) is 21.0 Å². The number of benzene rings is 1. The van der Waals surface area contributed by atoms with Gasteiger partial charge in [0.15, 0.2) is 5.15 Å². The van der Waals surface area contributed by atoms with Crippen molar-refractivity contribution in [2.24, 2.45) is 0 Å². The van der Waals surface area contributed by atoms with Crippen molar-refractivity contribution in [2.75, 3.05) is 0 Å². The number of fused-ring (bicyclic) bond motifs is 2. The Hall–Kier alpha value is -1.30. The number of allylic oxidation sites excluding steroid dienone is 1. The van der Waals surface area contributed by atoms with Crippen LogP contribution in [0.3, 0.4) is 0 Å². The minimum absolute atomic E-state index is 0. The van der Waals surface area contributed by atoms with E-state index in [0.29, 0.717) is 10.3 Å². The van der Waals surface area contributed by atoms with Gasteiger partial charge in [-0.1, -0.05) is 62.3 Å². The van der Waals surface area contributed by atoms with E-state index in [0.717, 1.165) is 38.0 Å². The molecule has 0 aliphatic heterocycles. The number of hydrogen-bond acceptors (Lipinski definition) is 4. The Bertz CT molecular complexity index is 1190. The third kappa shape index (κ3) is 4.95. The van der Waals surface area contributed by atoms with Gasteiger partial charge in [0.2, 0.25) is 0 Å². The number of halogens is 4. The van der Waals surface area contributed by atoms with Crippen molar-refractivity contribution < 1.29 is 0 Å². The van der Waals surface area contributed by atoms with Gasteiger partial charge < -0.3 is 4.57 Å². The Morgan fingerprint density at radius 3 is 2.23 bits per heavy atom. The fraction of sp³-hybridized carbons (Fsp3) is 0.143. The van der Waals surface area contributed by atoms with Gasteiger partial charge in [-0.2, -0.15) is 0 Å². The minimum atomic E-state index is 0. The van der Waals surface area contributed by atoms with E-state index in [9.17, 15) is 0 Å². The van der Waals surface area contributed by atoms with Crippen molar-refractivity contribution in [3.05, 3.63) is 80.4 Å². The lowest BCUT2D eigenvalue weighted by Crippen LogP contribution is -1.93. The molecule has 5 rings (SSSR count). The molecule has 0 unspecified atom stereocenters. The van der Waals surface area contributed by atoms with Crippen LogP contribution in [0, 0.1) is 3.57 Å². The van der Waals surface area contributed by atoms with Crippen LogP contribution in [0.1, 0.15) is 26.1 Å². The molecular weight excluding hydrogens is 647 g/mol. The van der Waals surface area contributed by atoms with E-state index in [1.807, 2.05) is 41.1 Å². The first kappa shape index (κ1) is 25.0. The predicted octanol–water partition coefficient (Wildman–Crippen LogP) is 7.41. The number of para-hydroxylation sites is 1. The summed E-state index contributed by atoms with van der Waals surface area (Å²) in [6.45, 7) is 0. The fourth-order valence-electron chi connectivity index (χ4n) is 2.84. The van der Waals surface area contributed by atoms with Gasteiger partial charge in [-0.3, -0.25) is 0 Å². The maximum atomic E-state index is 6.15. The first-order valence-electron chi connectivity index (χ1n) is 8.14. The minimum Gasteiger partial charge on any atom is -0.311 e. The van der Waals surface area contributed by atoms with Crippen molar-refractivity contribution in [3.63, 3.8) is 0 Å². The molecule has 0 saturated heterocycles. The monoisotopic (exact) mass is 665 g/mol. The summed E-state index contributed by atoms with van der Waals surface area (Å²) in [7, 11) is 0. The Balaban J connectivity index is 0.000000216. The highest BCUT2D eigenvalue weighted by molar-refractivity contribution is 14.1. The van der Waals surface area contributed by atoms with Crippen LogP contribution in [0.15, 0.2) is 55.3 Å². The second-order valence-corrected chi connectivity index (χ2v) is 8.83. The summed E-state index contributed by atoms with van der Waals surface area (Å²) in [5.41, 5.74) is 4.83. The van der Waals surface area contributed by atoms with Crippen molar-refractivity contribution in [3.8, 4) is 5.69 Å². The highest BCUT2D eigenvalue weighted by atomic mass is 127. The molecule has 1 aromatic carbocycles. The highest BCUT2D eigenvalue weighted by Gasteiger charge is 2.16. The normalized spacial score (nSPS) is 11.5. The van der Waals surface area contributed by atoms with E-state index in [1.165, 1.54) is 16.2 Å². The van der Waals surface area contributed by atoms with Gasteiger partial charge >= 0.3 is 0 Å². The molecule has 0 bridgehead atoms. The van der Waals surface area contributed by atoms with Crippen molar-refractivity contribution in [2.45, 2.75) is 21.3 Å². The summed E-state index contributed by atoms with van der Waals surface area (Å²) < 4.78 is 4.24. The Morgan fingerprint density at radius 2 is 1.53 bits per heavy atom. The number of rotatable bonds is 1. The maximum Gasteiger partial charge on any atom is 0.157 e. The SMILES string of the molecule is C.C.Clc1ncnc2c(I)cn(-c3ccccc3)c12.Clc1ncnc2c1CC=C2I. The zero-order valence-corrected chi connectivity index (χ0v) is 20.0. The molecule has 1 aliphatic rings. The molecule has 3 heterocycles. The van der Waals surface area contributed by atoms with E-state index in [2.05, 4.69) is 71.2 Å². The van der Waals surface area contributed by atoms with Crippen LogP contribution >= 0.6 is 68.4 Å². The molecular formula is C21H19Cl2I2N5. The molecule has 3 aromatic heterocycles. The lowest BCUT2D eigenvalue weighted by atomic mass is 10.2. The summed E-state index contributed by atoms with van der Waals surface area (Å²) in [4.78, 5) is 16.3. The molecule has 0 N–H and O–H groups in total. The van der Waals surface area contributed by atoms with Crippen LogP contribution in [0.25, 0.3) is 20.3 Å². The molecule has 0 amide bonds. The van der Waals surface area contributed by atoms with Crippen LogP contribution in [-0.2, 0) is 6.42 Å². The van der Waals surface area contributed by atoms with Crippen molar-refractivity contribution >= 4 is 83.0 Å². The van der Waals surface area contributed by atoms with Crippen LogP contribution in [0.4, 0.5) is 0 Å². The molecule has 0 atom stereocenters. The van der Waals surface area contributed by atoms with Gasteiger partial charge in [-0.05, 0) is 63.7 Å². The van der Waals surface area contributed by atoms with Gasteiger partial charge in [0.1, 0.15) is 28.8 Å². The average Bonchev–Trinajstić information content (AvgIpc) is 3.26. The van der Waals surface area contributed by atoms with Gasteiger partial charge in [0.25, 0.3) is 0 Å². The Morgan fingerprint density at radius 1 is 0.867 bits per heavy atom. The van der Waals surface area contributed by atoms with Crippen LogP contribution in [-0.4, -0.2) is 24.5 Å². The summed E-state index contributed by atoms with van der Waals surface area (Å²) in [6, 6.07) is 10.0. The molecule has 0 radical (unpaired) electrons. The van der Waals surface area contributed by atoms with E-state index in [1.54, 1.807) is 0 Å². The molecule has 0 saturated carbocycles. The standard InChI is InChI=1S/C12H7ClIN3.C7H4ClIN2.2CH4/c13-12-11-10(15-7-16-12)9(14)6-17(11)8-4-2-1-3-5-8;8-7-4-1-2-5(9)6(4)10-3-11-7;;/h1-7H;2-3H,1H2;2*1H4. The number of nitrogens with zero attached hydrogens (tertiary/aromatic N) is 5. The average molecular weight is 666 g/mol. The first-order chi connectivity index (χ1) is 13.6. The smallest absolute Gasteiger partial charge is 0.157 e. The molecule has 156 valence electrons. The summed E-state index contributed by atoms with van der Waals surface area (Å²) >= 11 is 16.5. The quantitative estimate of drug-likeness (QED) is 0.157. The zero-order valence-electron chi connectivity index (χ0n) is 14.2. The van der Waals surface area contributed by atoms with Crippen LogP contribution < -0.4 is 0 Å². The molecule has 5 nitrogen and oxygen atoms in total. The van der Waals surface area contributed by atoms with Crippen LogP contribution in [0.2, 0.25) is 10.3 Å². The second kappa shape index (κ2) is 10.8. The third-order valence-electron chi connectivity index (χ3n) is 4.13. The van der Waals surface area contributed by atoms with Crippen molar-refractivity contribution in [1.82, 2.24) is 24.5 Å². The van der Waals surface area contributed by atoms with Gasteiger partial charge in [-0.15, -0.1) is 0 Å². The summed E-state index contributed by atoms with van der Waals surface area (Å²) in [5.74, 6) is 0. The zero-order chi connectivity index (χ0) is 19.7. The van der Waals surface area contributed by atoms with E-state index < -0.39 is 0 Å². The first-order valence-corrected chi connectivity index (χ1v) is 11.1. The fourth-order valence-corrected chi connectivity index (χ4v) is 4.64. The Labute approximate surface area is 213 Å². The molecule has 0 spiro atoms. The molecule has 4 aromatic rings. The topological polar surface area (TPSA) is 56.5 Å². The van der Waals surface area contributed by atoms with Crippen LogP contribution in [0.5, 0.6) is 0 Å². The summed E-state index contributed by atoms with van der Waals surface area (Å²) in [6.07, 6.45) is 7.97. The van der Waals surface area contributed by atoms with E-state index >= 15 is 0 Å². The largest absolute Gasteiger partial charge is 0.311 e. The highest BCUT2D eigenvalue weighted by Crippen LogP contribution is 2.33. The second-order valence-electron chi connectivity index (χ2n) is 5.79. The van der Waals surface area contributed by atoms with E-state index in [-0.39, 0.29) is 14.9 Å². The van der Waals surface area contributed by atoms with E-state index in [4.69, 9.17) is 23.2 Å². The molecule has 0 fully saturated rings. The molecule has 30 heavy (non-hydrogen) atoms. The van der Waals surface area contributed by atoms with Gasteiger partial charge in [-0.25, -0.2) is 19.9 Å². The number of aromatic nitrogens is 5. The molecule has 1 aliphatic carbocycles. The van der Waals surface area contributed by atoms with Gasteiger partial charge in [0.05, 0.1) is 9.26 Å². The lowest BCUT2D eigenvalue weighted by molar-refractivity contribution is 1.10. The Kier molecular flexibility index (Phi) is 9.01. The summed E-state index contributed by atoms with van der Waals surface area (Å²) in [5, 5.41) is 1.06. The third-order valence-corrected chi connectivity index (χ3v) is 6.47. The number of hydrogen-bond donors (Lipinski definition) is 0. The van der Waals surface area contributed by atoms with Crippen molar-refractivity contribution in [1.29, 1.82) is 0 Å². The predicted molar refractivity (Wildman–Crippen MR) is 143 cm³/mol. The lowest BCUT2D eigenvalue weighted by Gasteiger charge is -2.04. The maximum absolute atomic E-state index is 6.15.